The van der Waals surface area contributed by atoms with Crippen LogP contribution in [0, 0.1) is 23.2 Å². The average Bonchev–Trinajstić information content (AvgIpc) is 2.54. The van der Waals surface area contributed by atoms with Gasteiger partial charge in [-0.15, -0.1) is 0 Å². The Kier molecular flexibility index (Phi) is 4.54. The summed E-state index contributed by atoms with van der Waals surface area (Å²) in [5, 5.41) is 0. The Morgan fingerprint density at radius 3 is 2.70 bits per heavy atom. The first-order valence-electron chi connectivity index (χ1n) is 8.50. The van der Waals surface area contributed by atoms with Crippen LogP contribution in [-0.2, 0) is 16.1 Å². The third kappa shape index (κ3) is 3.32. The predicted octanol–water partition coefficient (Wildman–Crippen LogP) is 4.57. The number of carbonyl (C=O) groups excluding carboxylic acids is 1. The minimum absolute atomic E-state index is 0.0655. The summed E-state index contributed by atoms with van der Waals surface area (Å²) >= 11 is 0. The van der Waals surface area contributed by atoms with E-state index >= 15 is 0 Å². The fourth-order valence-electron chi connectivity index (χ4n) is 3.98. The molecule has 2 nitrogen and oxygen atoms in total. The molecular weight excluding hydrogens is 284 g/mol. The SMILES string of the molecule is CC1=CC[C@@H]2[C@@H](C(=O)C=CC2(C)C)[C@H]1COCc1ccccc1. The van der Waals surface area contributed by atoms with Crippen LogP contribution in [0.1, 0.15) is 32.8 Å². The average molecular weight is 310 g/mol. The molecule has 0 saturated carbocycles. The van der Waals surface area contributed by atoms with Crippen LogP contribution in [0.2, 0.25) is 0 Å². The first-order chi connectivity index (χ1) is 11.0. The van der Waals surface area contributed by atoms with E-state index < -0.39 is 0 Å². The summed E-state index contributed by atoms with van der Waals surface area (Å²) in [4.78, 5) is 12.5. The van der Waals surface area contributed by atoms with Gasteiger partial charge in [0.25, 0.3) is 0 Å². The van der Waals surface area contributed by atoms with Crippen molar-refractivity contribution >= 4 is 5.78 Å². The van der Waals surface area contributed by atoms with E-state index in [1.165, 1.54) is 11.1 Å². The standard InChI is InChI=1S/C21H26O2/c1-15-9-10-18-20(19(22)11-12-21(18,2)3)17(15)14-23-13-16-7-5-4-6-8-16/h4-9,11-12,17-18,20H,10,13-14H2,1-3H3/t17-,18+,20-/m0/s1. The molecule has 1 aromatic rings. The summed E-state index contributed by atoms with van der Waals surface area (Å²) in [5.74, 6) is 0.925. The van der Waals surface area contributed by atoms with Gasteiger partial charge in [0.2, 0.25) is 0 Å². The minimum Gasteiger partial charge on any atom is -0.376 e. The number of fused-ring (bicyclic) bond motifs is 1. The van der Waals surface area contributed by atoms with Gasteiger partial charge in [-0.05, 0) is 36.3 Å². The molecule has 0 unspecified atom stereocenters. The van der Waals surface area contributed by atoms with Crippen LogP contribution in [0.4, 0.5) is 0 Å². The van der Waals surface area contributed by atoms with Crippen molar-refractivity contribution < 1.29 is 9.53 Å². The molecule has 0 amide bonds. The lowest BCUT2D eigenvalue weighted by atomic mass is 9.58. The second-order valence-corrected chi connectivity index (χ2v) is 7.48. The number of carbonyl (C=O) groups is 1. The van der Waals surface area contributed by atoms with E-state index in [9.17, 15) is 4.79 Å². The van der Waals surface area contributed by atoms with Crippen molar-refractivity contribution in [1.29, 1.82) is 0 Å². The Morgan fingerprint density at radius 2 is 1.96 bits per heavy atom. The number of ether oxygens (including phenoxy) is 1. The van der Waals surface area contributed by atoms with Gasteiger partial charge >= 0.3 is 0 Å². The molecule has 0 aliphatic heterocycles. The fraction of sp³-hybridized carbons (Fsp3) is 0.476. The molecule has 0 N–H and O–H groups in total. The van der Waals surface area contributed by atoms with Gasteiger partial charge in [-0.3, -0.25) is 4.79 Å². The van der Waals surface area contributed by atoms with Crippen LogP contribution >= 0.6 is 0 Å². The molecule has 2 aliphatic carbocycles. The second-order valence-electron chi connectivity index (χ2n) is 7.48. The second kappa shape index (κ2) is 6.45. The van der Waals surface area contributed by atoms with E-state index in [0.29, 0.717) is 19.1 Å². The lowest BCUT2D eigenvalue weighted by Gasteiger charge is -2.45. The maximum absolute atomic E-state index is 12.5. The third-order valence-electron chi connectivity index (χ3n) is 5.52. The Hall–Kier alpha value is -1.67. The van der Waals surface area contributed by atoms with Gasteiger partial charge in [-0.25, -0.2) is 0 Å². The van der Waals surface area contributed by atoms with Gasteiger partial charge in [0.15, 0.2) is 5.78 Å². The molecule has 2 heteroatoms. The first kappa shape index (κ1) is 16.2. The number of rotatable bonds is 4. The van der Waals surface area contributed by atoms with Gasteiger partial charge < -0.3 is 4.74 Å². The first-order valence-corrected chi connectivity index (χ1v) is 8.50. The predicted molar refractivity (Wildman–Crippen MR) is 92.9 cm³/mol. The summed E-state index contributed by atoms with van der Waals surface area (Å²) in [5.41, 5.74) is 2.56. The molecular formula is C21H26O2. The normalized spacial score (nSPS) is 29.1. The zero-order valence-corrected chi connectivity index (χ0v) is 14.3. The summed E-state index contributed by atoms with van der Waals surface area (Å²) in [6.45, 7) is 7.85. The molecule has 0 radical (unpaired) electrons. The highest BCUT2D eigenvalue weighted by Crippen LogP contribution is 2.48. The van der Waals surface area contributed by atoms with Crippen LogP contribution in [0.5, 0.6) is 0 Å². The molecule has 3 atom stereocenters. The van der Waals surface area contributed by atoms with Crippen molar-refractivity contribution in [1.82, 2.24) is 0 Å². The van der Waals surface area contributed by atoms with Gasteiger partial charge in [0.05, 0.1) is 13.2 Å². The molecule has 0 fully saturated rings. The Balaban J connectivity index is 1.72. The number of hydrogen-bond donors (Lipinski definition) is 0. The zero-order chi connectivity index (χ0) is 16.4. The summed E-state index contributed by atoms with van der Waals surface area (Å²) < 4.78 is 5.98. The molecule has 0 aromatic heterocycles. The van der Waals surface area contributed by atoms with Gasteiger partial charge in [-0.2, -0.15) is 0 Å². The van der Waals surface area contributed by atoms with Crippen molar-refractivity contribution in [2.45, 2.75) is 33.8 Å². The monoisotopic (exact) mass is 310 g/mol. The Morgan fingerprint density at radius 1 is 1.22 bits per heavy atom. The maximum Gasteiger partial charge on any atom is 0.159 e. The molecule has 23 heavy (non-hydrogen) atoms. The quantitative estimate of drug-likeness (QED) is 0.762. The van der Waals surface area contributed by atoms with E-state index in [1.54, 1.807) is 6.08 Å². The minimum atomic E-state index is 0.0655. The van der Waals surface area contributed by atoms with Gasteiger partial charge in [-0.1, -0.05) is 61.9 Å². The molecule has 0 spiro atoms. The summed E-state index contributed by atoms with van der Waals surface area (Å²) in [6.07, 6.45) is 7.19. The van der Waals surface area contributed by atoms with E-state index in [2.05, 4.69) is 45.1 Å². The van der Waals surface area contributed by atoms with E-state index in [-0.39, 0.29) is 23.0 Å². The topological polar surface area (TPSA) is 26.3 Å². The summed E-state index contributed by atoms with van der Waals surface area (Å²) in [6, 6.07) is 10.2. The molecule has 0 saturated heterocycles. The Bertz CT molecular complexity index is 625. The van der Waals surface area contributed by atoms with Crippen molar-refractivity contribution in [2.75, 3.05) is 6.61 Å². The highest BCUT2D eigenvalue weighted by Gasteiger charge is 2.45. The van der Waals surface area contributed by atoms with Crippen molar-refractivity contribution in [3.05, 3.63) is 59.7 Å². The summed E-state index contributed by atoms with van der Waals surface area (Å²) in [7, 11) is 0. The smallest absolute Gasteiger partial charge is 0.159 e. The third-order valence-corrected chi connectivity index (χ3v) is 5.52. The van der Waals surface area contributed by atoms with E-state index in [4.69, 9.17) is 4.74 Å². The lowest BCUT2D eigenvalue weighted by Crippen LogP contribution is -2.44. The van der Waals surface area contributed by atoms with Crippen LogP contribution < -0.4 is 0 Å². The maximum atomic E-state index is 12.5. The lowest BCUT2D eigenvalue weighted by molar-refractivity contribution is -0.125. The number of hydrogen-bond acceptors (Lipinski definition) is 2. The molecule has 1 aromatic carbocycles. The number of benzene rings is 1. The molecule has 0 bridgehead atoms. The van der Waals surface area contributed by atoms with Crippen LogP contribution in [0.25, 0.3) is 0 Å². The molecule has 3 rings (SSSR count). The largest absolute Gasteiger partial charge is 0.376 e. The zero-order valence-electron chi connectivity index (χ0n) is 14.3. The van der Waals surface area contributed by atoms with Crippen LogP contribution in [0.15, 0.2) is 54.1 Å². The van der Waals surface area contributed by atoms with Crippen LogP contribution in [0.3, 0.4) is 0 Å². The number of ketones is 1. The van der Waals surface area contributed by atoms with Gasteiger partial charge in [0.1, 0.15) is 0 Å². The number of allylic oxidation sites excluding steroid dienone is 3. The Labute approximate surface area is 139 Å². The molecule has 0 heterocycles. The molecule has 2 aliphatic rings. The fourth-order valence-corrected chi connectivity index (χ4v) is 3.98. The van der Waals surface area contributed by atoms with Gasteiger partial charge in [0, 0.05) is 11.8 Å². The molecule has 122 valence electrons. The van der Waals surface area contributed by atoms with Crippen molar-refractivity contribution in [2.24, 2.45) is 23.2 Å². The highest BCUT2D eigenvalue weighted by atomic mass is 16.5. The van der Waals surface area contributed by atoms with E-state index in [0.717, 1.165) is 6.42 Å². The highest BCUT2D eigenvalue weighted by molar-refractivity contribution is 5.93. The van der Waals surface area contributed by atoms with Crippen molar-refractivity contribution in [3.63, 3.8) is 0 Å². The van der Waals surface area contributed by atoms with E-state index in [1.807, 2.05) is 18.2 Å². The van der Waals surface area contributed by atoms with Crippen LogP contribution in [-0.4, -0.2) is 12.4 Å². The van der Waals surface area contributed by atoms with Crippen molar-refractivity contribution in [3.8, 4) is 0 Å².